The number of amidine groups is 1. The van der Waals surface area contributed by atoms with E-state index >= 15 is 0 Å². The minimum absolute atomic E-state index is 0.239. The number of hydrogen-bond donors (Lipinski definition) is 1. The van der Waals surface area contributed by atoms with Crippen molar-refractivity contribution in [1.82, 2.24) is 0 Å². The van der Waals surface area contributed by atoms with Gasteiger partial charge in [0.1, 0.15) is 13.1 Å². The lowest BCUT2D eigenvalue weighted by Crippen LogP contribution is -2.53. The van der Waals surface area contributed by atoms with Crippen LogP contribution in [0.15, 0.2) is 17.1 Å². The summed E-state index contributed by atoms with van der Waals surface area (Å²) in [7, 11) is 0. The zero-order chi connectivity index (χ0) is 21.8. The number of nitrogens with zero attached hydrogens (tertiary/aromatic N) is 2. The number of allylic oxidation sites excluding steroid dienone is 1. The van der Waals surface area contributed by atoms with Crippen LogP contribution in [0.25, 0.3) is 0 Å². The van der Waals surface area contributed by atoms with Crippen LogP contribution in [0, 0.1) is 0 Å². The zero-order valence-electron chi connectivity index (χ0n) is 19.9. The Morgan fingerprint density at radius 1 is 0.833 bits per heavy atom. The van der Waals surface area contributed by atoms with E-state index in [0.717, 1.165) is 55.8 Å². The highest BCUT2D eigenvalue weighted by molar-refractivity contribution is 6.17. The van der Waals surface area contributed by atoms with Crippen molar-refractivity contribution in [1.29, 1.82) is 0 Å². The predicted molar refractivity (Wildman–Crippen MR) is 134 cm³/mol. The molecule has 1 aliphatic rings. The molecule has 1 unspecified atom stereocenters. The molecule has 1 rings (SSSR count). The fourth-order valence-electron chi connectivity index (χ4n) is 4.61. The van der Waals surface area contributed by atoms with Crippen molar-refractivity contribution in [2.75, 3.05) is 38.7 Å². The number of alkyl halides is 1. The Balaban J connectivity index is 2.06. The highest BCUT2D eigenvalue weighted by Crippen LogP contribution is 2.20. The van der Waals surface area contributed by atoms with Gasteiger partial charge in [0, 0.05) is 5.88 Å². The van der Waals surface area contributed by atoms with Gasteiger partial charge in [-0.15, -0.1) is 11.6 Å². The number of aliphatic hydroxyl groups is 1. The molecule has 0 aromatic carbocycles. The second-order valence-electron chi connectivity index (χ2n) is 9.09. The predicted octanol–water partition coefficient (Wildman–Crippen LogP) is 7.26. The van der Waals surface area contributed by atoms with Gasteiger partial charge < -0.3 is 5.11 Å². The summed E-state index contributed by atoms with van der Waals surface area (Å²) in [5, 5.41) is 9.56. The minimum atomic E-state index is 0.239. The van der Waals surface area contributed by atoms with Gasteiger partial charge in [0.25, 0.3) is 0 Å². The molecule has 176 valence electrons. The third-order valence-corrected chi connectivity index (χ3v) is 6.83. The molecular weight excluding hydrogens is 392 g/mol. The Morgan fingerprint density at radius 3 is 2.07 bits per heavy atom. The fraction of sp³-hybridized carbons (Fsp3) is 0.885. The van der Waals surface area contributed by atoms with E-state index < -0.39 is 0 Å². The van der Waals surface area contributed by atoms with Gasteiger partial charge in [-0.25, -0.2) is 4.99 Å². The largest absolute Gasteiger partial charge is 0.390 e. The van der Waals surface area contributed by atoms with E-state index in [1.807, 2.05) is 0 Å². The van der Waals surface area contributed by atoms with Gasteiger partial charge in [0.15, 0.2) is 0 Å². The van der Waals surface area contributed by atoms with Crippen molar-refractivity contribution in [3.63, 3.8) is 0 Å². The van der Waals surface area contributed by atoms with Crippen LogP contribution in [0.1, 0.15) is 110 Å². The maximum absolute atomic E-state index is 9.56. The molecular formula is C26H50ClN2O+. The van der Waals surface area contributed by atoms with Gasteiger partial charge in [-0.05, 0) is 25.7 Å². The van der Waals surface area contributed by atoms with E-state index in [1.165, 1.54) is 89.3 Å². The van der Waals surface area contributed by atoms with Crippen LogP contribution in [0.3, 0.4) is 0 Å². The summed E-state index contributed by atoms with van der Waals surface area (Å²) in [6.07, 6.45) is 25.9. The average Bonchev–Trinajstić information content (AvgIpc) is 3.13. The van der Waals surface area contributed by atoms with Crippen LogP contribution >= 0.6 is 11.6 Å². The lowest BCUT2D eigenvalue weighted by molar-refractivity contribution is -0.837. The Morgan fingerprint density at radius 2 is 1.47 bits per heavy atom. The highest BCUT2D eigenvalue weighted by Gasteiger charge is 2.36. The highest BCUT2D eigenvalue weighted by atomic mass is 35.5. The van der Waals surface area contributed by atoms with Crippen LogP contribution in [-0.4, -0.2) is 54.1 Å². The number of aliphatic imine (C=N–C) groups is 1. The van der Waals surface area contributed by atoms with Crippen LogP contribution in [0.5, 0.6) is 0 Å². The van der Waals surface area contributed by atoms with Crippen LogP contribution in [0.2, 0.25) is 0 Å². The van der Waals surface area contributed by atoms with Gasteiger partial charge in [-0.2, -0.15) is 0 Å². The fourth-order valence-corrected chi connectivity index (χ4v) is 4.80. The van der Waals surface area contributed by atoms with Crippen LogP contribution in [-0.2, 0) is 0 Å². The number of hydrogen-bond acceptors (Lipinski definition) is 2. The molecule has 0 spiro atoms. The monoisotopic (exact) mass is 441 g/mol. The summed E-state index contributed by atoms with van der Waals surface area (Å²) in [6, 6.07) is 0. The van der Waals surface area contributed by atoms with E-state index in [4.69, 9.17) is 16.6 Å². The minimum Gasteiger partial charge on any atom is -0.390 e. The third kappa shape index (κ3) is 12.5. The molecule has 0 aliphatic carbocycles. The SMILES string of the molecule is CCCCCCCCCCCCCCC=CCC1=NCC[N+]1(CCO)CCCCCl. The van der Waals surface area contributed by atoms with Crippen molar-refractivity contribution in [2.24, 2.45) is 4.99 Å². The Labute approximate surface area is 192 Å². The van der Waals surface area contributed by atoms with Gasteiger partial charge in [0.2, 0.25) is 5.84 Å². The standard InChI is InChI=1S/C26H50ClN2O/c1-2-3-4-5-6-7-8-9-10-11-12-13-14-15-16-19-26-28-21-23-29(26,24-25-30)22-18-17-20-27/h15-16,30H,2-14,17-25H2,1H3/q+1. The van der Waals surface area contributed by atoms with Crippen LogP contribution in [0.4, 0.5) is 0 Å². The summed E-state index contributed by atoms with van der Waals surface area (Å²) in [5.41, 5.74) is 0. The van der Waals surface area contributed by atoms with Crippen molar-refractivity contribution >= 4 is 17.4 Å². The molecule has 0 bridgehead atoms. The van der Waals surface area contributed by atoms with Crippen LogP contribution < -0.4 is 0 Å². The maximum Gasteiger partial charge on any atom is 0.202 e. The molecule has 0 saturated heterocycles. The zero-order valence-corrected chi connectivity index (χ0v) is 20.7. The van der Waals surface area contributed by atoms with E-state index in [2.05, 4.69) is 19.1 Å². The molecule has 1 aliphatic heterocycles. The van der Waals surface area contributed by atoms with E-state index in [1.54, 1.807) is 0 Å². The molecule has 4 heteroatoms. The van der Waals surface area contributed by atoms with E-state index in [9.17, 15) is 5.11 Å². The number of halogens is 1. The van der Waals surface area contributed by atoms with Gasteiger partial charge >= 0.3 is 0 Å². The molecule has 1 N–H and O–H groups in total. The second kappa shape index (κ2) is 19.3. The second-order valence-corrected chi connectivity index (χ2v) is 9.46. The van der Waals surface area contributed by atoms with Crippen molar-refractivity contribution in [2.45, 2.75) is 110 Å². The Hall–Kier alpha value is -0.380. The maximum atomic E-state index is 9.56. The Kier molecular flexibility index (Phi) is 17.8. The molecule has 1 atom stereocenters. The molecule has 0 amide bonds. The molecule has 3 nitrogen and oxygen atoms in total. The first kappa shape index (κ1) is 27.7. The number of aliphatic hydroxyl groups excluding tert-OH is 1. The molecule has 0 radical (unpaired) electrons. The number of quaternary nitrogens is 1. The lowest BCUT2D eigenvalue weighted by atomic mass is 10.0. The van der Waals surface area contributed by atoms with Gasteiger partial charge in [-0.3, -0.25) is 4.48 Å². The summed E-state index contributed by atoms with van der Waals surface area (Å²) in [5.74, 6) is 1.99. The van der Waals surface area contributed by atoms with Crippen molar-refractivity contribution in [3.05, 3.63) is 12.2 Å². The molecule has 0 fully saturated rings. The summed E-state index contributed by atoms with van der Waals surface area (Å²) < 4.78 is 0.885. The molecule has 30 heavy (non-hydrogen) atoms. The van der Waals surface area contributed by atoms with Gasteiger partial charge in [0.05, 0.1) is 26.1 Å². The Bertz CT molecular complexity index is 452. The third-order valence-electron chi connectivity index (χ3n) is 6.56. The molecule has 0 aromatic rings. The lowest BCUT2D eigenvalue weighted by Gasteiger charge is -2.34. The van der Waals surface area contributed by atoms with Crippen molar-refractivity contribution in [3.8, 4) is 0 Å². The summed E-state index contributed by atoms with van der Waals surface area (Å²) >= 11 is 5.86. The van der Waals surface area contributed by atoms with Gasteiger partial charge in [-0.1, -0.05) is 89.7 Å². The smallest absolute Gasteiger partial charge is 0.202 e. The summed E-state index contributed by atoms with van der Waals surface area (Å²) in [6.45, 7) is 6.34. The molecule has 1 heterocycles. The first-order valence-corrected chi connectivity index (χ1v) is 13.5. The number of unbranched alkanes of at least 4 members (excludes halogenated alkanes) is 13. The summed E-state index contributed by atoms with van der Waals surface area (Å²) in [4.78, 5) is 4.78. The normalized spacial score (nSPS) is 19.1. The van der Waals surface area contributed by atoms with Crippen molar-refractivity contribution < 1.29 is 9.59 Å². The molecule has 0 aromatic heterocycles. The first-order valence-electron chi connectivity index (χ1n) is 13.0. The topological polar surface area (TPSA) is 32.6 Å². The number of rotatable bonds is 21. The molecule has 0 saturated carbocycles. The average molecular weight is 442 g/mol. The quantitative estimate of drug-likeness (QED) is 0.0863. The van der Waals surface area contributed by atoms with E-state index in [-0.39, 0.29) is 6.61 Å². The van der Waals surface area contributed by atoms with E-state index in [0.29, 0.717) is 0 Å². The first-order chi connectivity index (χ1) is 14.8.